The van der Waals surface area contributed by atoms with Crippen molar-refractivity contribution in [2.45, 2.75) is 0 Å². The van der Waals surface area contributed by atoms with Crippen LogP contribution in [0.2, 0.25) is 0 Å². The fourth-order valence-electron chi connectivity index (χ4n) is 1.81. The van der Waals surface area contributed by atoms with E-state index in [9.17, 15) is 0 Å². The number of H-pyrrole nitrogens is 1. The Morgan fingerprint density at radius 1 is 1.11 bits per heavy atom. The highest BCUT2D eigenvalue weighted by Crippen LogP contribution is 2.23. The van der Waals surface area contributed by atoms with E-state index in [4.69, 9.17) is 0 Å². The lowest BCUT2D eigenvalue weighted by atomic mass is 10.4. The number of thiophene rings is 1. The maximum atomic E-state index is 4.27. The Hall–Kier alpha value is -2.21. The van der Waals surface area contributed by atoms with Crippen LogP contribution < -0.4 is 15.6 Å². The zero-order valence-corrected chi connectivity index (χ0v) is 11.1. The van der Waals surface area contributed by atoms with Crippen LogP contribution in [0.1, 0.15) is 0 Å². The van der Waals surface area contributed by atoms with Gasteiger partial charge in [0.15, 0.2) is 0 Å². The second-order valence-corrected chi connectivity index (χ2v) is 4.89. The predicted molar refractivity (Wildman–Crippen MR) is 77.4 cm³/mol. The van der Waals surface area contributed by atoms with E-state index in [1.165, 1.54) is 0 Å². The largest absolute Gasteiger partial charge is 0.366 e. The number of hydrogen-bond acceptors (Lipinski definition) is 5. The van der Waals surface area contributed by atoms with Crippen LogP contribution in [-0.4, -0.2) is 23.1 Å². The monoisotopic (exact) mass is 272 g/mol. The van der Waals surface area contributed by atoms with Crippen LogP contribution in [0.4, 0.5) is 11.6 Å². The lowest BCUT2D eigenvalue weighted by Crippen LogP contribution is -2.19. The van der Waals surface area contributed by atoms with Gasteiger partial charge in [0.1, 0.15) is 23.5 Å². The Morgan fingerprint density at radius 3 is 2.95 bits per heavy atom. The number of aromatic nitrogens is 3. The Labute approximate surface area is 114 Å². The van der Waals surface area contributed by atoms with Crippen LogP contribution in [0.25, 0.3) is 10.2 Å². The van der Waals surface area contributed by atoms with Crippen molar-refractivity contribution >= 4 is 33.2 Å². The second kappa shape index (κ2) is 5.62. The average molecular weight is 272 g/mol. The third-order valence-electron chi connectivity index (χ3n) is 2.70. The van der Waals surface area contributed by atoms with Gasteiger partial charge in [-0.2, -0.15) is 0 Å². The lowest BCUT2D eigenvalue weighted by molar-refractivity contribution is -0.361. The first-order valence-corrected chi connectivity index (χ1v) is 6.94. The summed E-state index contributed by atoms with van der Waals surface area (Å²) in [7, 11) is 0. The van der Waals surface area contributed by atoms with E-state index in [0.717, 1.165) is 34.9 Å². The first-order chi connectivity index (χ1) is 9.43. The molecule has 0 fully saturated rings. The Balaban J connectivity index is 1.57. The van der Waals surface area contributed by atoms with Gasteiger partial charge in [-0.25, -0.2) is 15.0 Å². The van der Waals surface area contributed by atoms with Crippen LogP contribution >= 0.6 is 11.3 Å². The van der Waals surface area contributed by atoms with Crippen LogP contribution in [0, 0.1) is 0 Å². The molecular weight excluding hydrogens is 258 g/mol. The highest BCUT2D eigenvalue weighted by atomic mass is 32.1. The number of aromatic amines is 1. The molecule has 19 heavy (non-hydrogen) atoms. The normalized spacial score (nSPS) is 10.5. The van der Waals surface area contributed by atoms with E-state index in [1.54, 1.807) is 17.7 Å². The summed E-state index contributed by atoms with van der Waals surface area (Å²) >= 11 is 1.63. The molecule has 0 aliphatic rings. The molecule has 3 N–H and O–H groups in total. The number of fused-ring (bicyclic) bond motifs is 1. The van der Waals surface area contributed by atoms with E-state index in [0.29, 0.717) is 0 Å². The summed E-state index contributed by atoms with van der Waals surface area (Å²) < 4.78 is 0. The summed E-state index contributed by atoms with van der Waals surface area (Å²) in [6, 6.07) is 7.99. The number of pyridine rings is 1. The molecule has 3 aromatic heterocycles. The van der Waals surface area contributed by atoms with Gasteiger partial charge >= 0.3 is 0 Å². The molecule has 0 saturated carbocycles. The standard InChI is InChI=1S/C13H13N5S/c1-2-5-14-11(3-1)15-6-7-16-12-10-4-8-19-13(10)18-9-17-12/h1-5,8-9H,6-7H2,(H,14,15)(H,16,17,18)/p+1. The topological polar surface area (TPSA) is 64.0 Å². The zero-order chi connectivity index (χ0) is 12.9. The number of anilines is 2. The van der Waals surface area contributed by atoms with Crippen molar-refractivity contribution in [3.63, 3.8) is 0 Å². The van der Waals surface area contributed by atoms with Gasteiger partial charge in [0.05, 0.1) is 18.1 Å². The second-order valence-electron chi connectivity index (χ2n) is 3.99. The van der Waals surface area contributed by atoms with E-state index in [2.05, 4.69) is 25.6 Å². The highest BCUT2D eigenvalue weighted by molar-refractivity contribution is 7.16. The van der Waals surface area contributed by atoms with Gasteiger partial charge < -0.3 is 5.32 Å². The van der Waals surface area contributed by atoms with E-state index in [1.807, 2.05) is 35.8 Å². The summed E-state index contributed by atoms with van der Waals surface area (Å²) in [6.07, 6.45) is 3.49. The fourth-order valence-corrected chi connectivity index (χ4v) is 2.55. The molecule has 0 saturated heterocycles. The molecule has 0 amide bonds. The van der Waals surface area contributed by atoms with E-state index < -0.39 is 0 Å². The van der Waals surface area contributed by atoms with Crippen LogP contribution in [0.5, 0.6) is 0 Å². The average Bonchev–Trinajstić information content (AvgIpc) is 2.94. The molecule has 96 valence electrons. The molecule has 0 unspecified atom stereocenters. The molecule has 0 atom stereocenters. The van der Waals surface area contributed by atoms with Crippen LogP contribution in [0.3, 0.4) is 0 Å². The number of nitrogens with one attached hydrogen (secondary N) is 3. The molecule has 3 rings (SSSR count). The summed E-state index contributed by atoms with van der Waals surface area (Å²) in [5.74, 6) is 1.90. The Morgan fingerprint density at radius 2 is 2.05 bits per heavy atom. The van der Waals surface area contributed by atoms with Gasteiger partial charge in [-0.05, 0) is 17.5 Å². The third kappa shape index (κ3) is 2.79. The van der Waals surface area contributed by atoms with Crippen molar-refractivity contribution in [2.75, 3.05) is 23.7 Å². The Kier molecular flexibility index (Phi) is 3.51. The van der Waals surface area contributed by atoms with Crippen molar-refractivity contribution in [1.29, 1.82) is 0 Å². The maximum absolute atomic E-state index is 4.27. The summed E-state index contributed by atoms with van der Waals surface area (Å²) in [6.45, 7) is 1.61. The first-order valence-electron chi connectivity index (χ1n) is 6.06. The van der Waals surface area contributed by atoms with Crippen LogP contribution in [-0.2, 0) is 0 Å². The minimum absolute atomic E-state index is 0.796. The highest BCUT2D eigenvalue weighted by Gasteiger charge is 2.04. The molecule has 6 heteroatoms. The lowest BCUT2D eigenvalue weighted by Gasteiger charge is -2.04. The van der Waals surface area contributed by atoms with Crippen molar-refractivity contribution in [3.05, 3.63) is 42.2 Å². The van der Waals surface area contributed by atoms with Crippen molar-refractivity contribution < 1.29 is 4.98 Å². The zero-order valence-electron chi connectivity index (χ0n) is 10.3. The van der Waals surface area contributed by atoms with Crippen molar-refractivity contribution in [1.82, 2.24) is 9.97 Å². The molecule has 3 heterocycles. The fraction of sp³-hybridized carbons (Fsp3) is 0.154. The minimum Gasteiger partial charge on any atom is -0.366 e. The summed E-state index contributed by atoms with van der Waals surface area (Å²) in [4.78, 5) is 12.6. The summed E-state index contributed by atoms with van der Waals surface area (Å²) in [5, 5.41) is 9.73. The Bertz CT molecular complexity index is 652. The minimum atomic E-state index is 0.796. The SMILES string of the molecule is c1ccc(NCCNc2ncnc3sccc23)[nH+]c1. The molecule has 0 aliphatic heterocycles. The summed E-state index contributed by atoms with van der Waals surface area (Å²) in [5.41, 5.74) is 0. The van der Waals surface area contributed by atoms with Crippen molar-refractivity contribution in [2.24, 2.45) is 0 Å². The van der Waals surface area contributed by atoms with Gasteiger partial charge in [0, 0.05) is 6.07 Å². The van der Waals surface area contributed by atoms with Crippen molar-refractivity contribution in [3.8, 4) is 0 Å². The molecular formula is C13H14N5S+. The number of nitrogens with zero attached hydrogens (tertiary/aromatic N) is 2. The van der Waals surface area contributed by atoms with E-state index >= 15 is 0 Å². The van der Waals surface area contributed by atoms with Gasteiger partial charge in [-0.1, -0.05) is 6.07 Å². The third-order valence-corrected chi connectivity index (χ3v) is 3.52. The predicted octanol–water partition coefficient (Wildman–Crippen LogP) is 2.03. The smallest absolute Gasteiger partial charge is 0.272 e. The van der Waals surface area contributed by atoms with Gasteiger partial charge in [-0.15, -0.1) is 11.3 Å². The molecule has 0 spiro atoms. The van der Waals surface area contributed by atoms with E-state index in [-0.39, 0.29) is 0 Å². The van der Waals surface area contributed by atoms with Crippen LogP contribution in [0.15, 0.2) is 42.2 Å². The first kappa shape index (κ1) is 11.9. The molecule has 0 aliphatic carbocycles. The number of rotatable bonds is 5. The number of hydrogen-bond donors (Lipinski definition) is 2. The molecule has 0 radical (unpaired) electrons. The molecule has 0 bridgehead atoms. The molecule has 5 nitrogen and oxygen atoms in total. The quantitative estimate of drug-likeness (QED) is 0.698. The molecule has 3 aromatic rings. The van der Waals surface area contributed by atoms with Gasteiger partial charge in [0.2, 0.25) is 0 Å². The van der Waals surface area contributed by atoms with Gasteiger partial charge in [-0.3, -0.25) is 5.32 Å². The van der Waals surface area contributed by atoms with Gasteiger partial charge in [0.25, 0.3) is 5.82 Å². The maximum Gasteiger partial charge on any atom is 0.272 e. The molecule has 0 aromatic carbocycles.